The summed E-state index contributed by atoms with van der Waals surface area (Å²) in [7, 11) is 0. The van der Waals surface area contributed by atoms with Gasteiger partial charge >= 0.3 is 0 Å². The van der Waals surface area contributed by atoms with Crippen LogP contribution in [0, 0.1) is 0 Å². The molecule has 2 aromatic heterocycles. The minimum atomic E-state index is -0.0406. The van der Waals surface area contributed by atoms with Crippen molar-refractivity contribution in [2.45, 2.75) is 32.0 Å². The third kappa shape index (κ3) is 2.67. The summed E-state index contributed by atoms with van der Waals surface area (Å²) in [6.45, 7) is 3.75. The topological polar surface area (TPSA) is 75.0 Å². The maximum atomic E-state index is 11.9. The van der Waals surface area contributed by atoms with Gasteiger partial charge < -0.3 is 10.7 Å². The Hall–Kier alpha value is -0.950. The summed E-state index contributed by atoms with van der Waals surface area (Å²) in [5, 5.41) is 1.89. The molecule has 7 heteroatoms. The van der Waals surface area contributed by atoms with E-state index in [0.29, 0.717) is 17.3 Å². The summed E-state index contributed by atoms with van der Waals surface area (Å²) >= 11 is 1.43. The second kappa shape index (κ2) is 5.58. The number of hydrogen-bond acceptors (Lipinski definition) is 5. The van der Waals surface area contributed by atoms with Crippen molar-refractivity contribution in [1.82, 2.24) is 14.9 Å². The van der Waals surface area contributed by atoms with Gasteiger partial charge in [0, 0.05) is 18.6 Å². The molecule has 104 valence electrons. The Morgan fingerprint density at radius 1 is 1.63 bits per heavy atom. The number of fused-ring (bicyclic) bond motifs is 1. The summed E-state index contributed by atoms with van der Waals surface area (Å²) in [5.41, 5.74) is 6.74. The number of likely N-dealkylation sites (tertiary alicyclic amines) is 1. The molecular weight excluding hydrogens is 284 g/mol. The van der Waals surface area contributed by atoms with Crippen molar-refractivity contribution in [3.8, 4) is 0 Å². The van der Waals surface area contributed by atoms with E-state index in [4.69, 9.17) is 5.73 Å². The summed E-state index contributed by atoms with van der Waals surface area (Å²) in [5.74, 6) is 0.729. The lowest BCUT2D eigenvalue weighted by Gasteiger charge is -2.22. The number of nitrogens with zero attached hydrogens (tertiary/aromatic N) is 2. The molecule has 1 aliphatic heterocycles. The van der Waals surface area contributed by atoms with E-state index >= 15 is 0 Å². The monoisotopic (exact) mass is 300 g/mol. The van der Waals surface area contributed by atoms with Gasteiger partial charge in [-0.15, -0.1) is 23.7 Å². The predicted octanol–water partition coefficient (Wildman–Crippen LogP) is 1.33. The molecular formula is C12H17ClN4OS. The van der Waals surface area contributed by atoms with Crippen LogP contribution in [0.3, 0.4) is 0 Å². The minimum Gasteiger partial charge on any atom is -0.326 e. The molecule has 3 heterocycles. The van der Waals surface area contributed by atoms with E-state index in [9.17, 15) is 4.79 Å². The number of thiophene rings is 1. The van der Waals surface area contributed by atoms with Crippen molar-refractivity contribution < 1.29 is 0 Å². The molecule has 3 rings (SSSR count). The van der Waals surface area contributed by atoms with Gasteiger partial charge in [-0.3, -0.25) is 9.69 Å². The maximum Gasteiger partial charge on any atom is 0.268 e. The van der Waals surface area contributed by atoms with Crippen LogP contribution in [0.2, 0.25) is 0 Å². The highest BCUT2D eigenvalue weighted by Gasteiger charge is 2.28. The summed E-state index contributed by atoms with van der Waals surface area (Å²) in [4.78, 5) is 21.5. The predicted molar refractivity (Wildman–Crippen MR) is 80.0 cm³/mol. The summed E-state index contributed by atoms with van der Waals surface area (Å²) in [6.07, 6.45) is 1.01. The normalized spacial score (nSPS) is 23.7. The maximum absolute atomic E-state index is 11.9. The Labute approximate surface area is 121 Å². The first-order chi connectivity index (χ1) is 8.65. The fraction of sp³-hybridized carbons (Fsp3) is 0.500. The lowest BCUT2D eigenvalue weighted by Crippen LogP contribution is -2.37. The van der Waals surface area contributed by atoms with Crippen LogP contribution in [0.1, 0.15) is 19.2 Å². The van der Waals surface area contributed by atoms with Crippen LogP contribution in [0.25, 0.3) is 10.2 Å². The molecule has 0 spiro atoms. The molecule has 3 N–H and O–H groups in total. The SMILES string of the molecule is CC1C(N)CCN1Cc1nc2ccsc2c(=O)[nH]1.Cl. The van der Waals surface area contributed by atoms with Gasteiger partial charge in [-0.25, -0.2) is 4.98 Å². The first kappa shape index (κ1) is 14.5. The third-order valence-electron chi connectivity index (χ3n) is 3.66. The molecule has 0 amide bonds. The van der Waals surface area contributed by atoms with Gasteiger partial charge in [-0.1, -0.05) is 0 Å². The van der Waals surface area contributed by atoms with Crippen LogP contribution in [0.4, 0.5) is 0 Å². The summed E-state index contributed by atoms with van der Waals surface area (Å²) in [6, 6.07) is 2.45. The fourth-order valence-electron chi connectivity index (χ4n) is 2.44. The molecule has 1 aliphatic rings. The van der Waals surface area contributed by atoms with Gasteiger partial charge in [0.15, 0.2) is 0 Å². The molecule has 2 atom stereocenters. The molecule has 0 aromatic carbocycles. The van der Waals surface area contributed by atoms with E-state index in [-0.39, 0.29) is 24.0 Å². The molecule has 0 bridgehead atoms. The second-order valence-electron chi connectivity index (χ2n) is 4.81. The van der Waals surface area contributed by atoms with E-state index in [0.717, 1.165) is 24.3 Å². The number of rotatable bonds is 2. The van der Waals surface area contributed by atoms with E-state index < -0.39 is 0 Å². The quantitative estimate of drug-likeness (QED) is 0.877. The van der Waals surface area contributed by atoms with Crippen LogP contribution in [-0.4, -0.2) is 33.5 Å². The zero-order valence-corrected chi connectivity index (χ0v) is 12.3. The van der Waals surface area contributed by atoms with E-state index in [1.165, 1.54) is 11.3 Å². The summed E-state index contributed by atoms with van der Waals surface area (Å²) < 4.78 is 0.699. The molecule has 2 aromatic rings. The molecule has 1 saturated heterocycles. The van der Waals surface area contributed by atoms with Crippen molar-refractivity contribution in [1.29, 1.82) is 0 Å². The average molecular weight is 301 g/mol. The fourth-order valence-corrected chi connectivity index (χ4v) is 3.17. The number of nitrogens with one attached hydrogen (secondary N) is 1. The van der Waals surface area contributed by atoms with Crippen LogP contribution >= 0.6 is 23.7 Å². The molecule has 1 fully saturated rings. The molecule has 0 saturated carbocycles. The van der Waals surface area contributed by atoms with Gasteiger partial charge in [0.1, 0.15) is 10.5 Å². The highest BCUT2D eigenvalue weighted by atomic mass is 35.5. The molecule has 5 nitrogen and oxygen atoms in total. The van der Waals surface area contributed by atoms with E-state index in [1.807, 2.05) is 11.4 Å². The Kier molecular flexibility index (Phi) is 4.25. The van der Waals surface area contributed by atoms with E-state index in [2.05, 4.69) is 21.8 Å². The van der Waals surface area contributed by atoms with E-state index in [1.54, 1.807) is 0 Å². The van der Waals surface area contributed by atoms with Crippen molar-refractivity contribution in [3.05, 3.63) is 27.6 Å². The minimum absolute atomic E-state index is 0. The highest BCUT2D eigenvalue weighted by Crippen LogP contribution is 2.19. The van der Waals surface area contributed by atoms with Gasteiger partial charge in [-0.05, 0) is 24.8 Å². The number of hydrogen-bond donors (Lipinski definition) is 2. The van der Waals surface area contributed by atoms with Crippen molar-refractivity contribution in [2.75, 3.05) is 6.54 Å². The Morgan fingerprint density at radius 2 is 2.42 bits per heavy atom. The van der Waals surface area contributed by atoms with Gasteiger partial charge in [0.2, 0.25) is 0 Å². The second-order valence-corrected chi connectivity index (χ2v) is 5.73. The standard InChI is InChI=1S/C12H16N4OS.ClH/c1-7-8(13)2-4-16(7)6-10-14-9-3-5-18-11(9)12(17)15-10;/h3,5,7-8H,2,4,6,13H2,1H3,(H,14,15,17);1H. The van der Waals surface area contributed by atoms with Crippen LogP contribution < -0.4 is 11.3 Å². The van der Waals surface area contributed by atoms with Crippen molar-refractivity contribution in [2.24, 2.45) is 5.73 Å². The Balaban J connectivity index is 0.00000133. The number of halogens is 1. The van der Waals surface area contributed by atoms with Gasteiger partial charge in [0.25, 0.3) is 5.56 Å². The Bertz CT molecular complexity index is 625. The average Bonchev–Trinajstić information content (AvgIpc) is 2.91. The first-order valence-electron chi connectivity index (χ1n) is 6.11. The zero-order chi connectivity index (χ0) is 12.7. The van der Waals surface area contributed by atoms with Crippen LogP contribution in [0.15, 0.2) is 16.2 Å². The number of aromatic amines is 1. The smallest absolute Gasteiger partial charge is 0.268 e. The van der Waals surface area contributed by atoms with Gasteiger partial charge in [-0.2, -0.15) is 0 Å². The Morgan fingerprint density at radius 3 is 3.11 bits per heavy atom. The third-order valence-corrected chi connectivity index (χ3v) is 4.56. The lowest BCUT2D eigenvalue weighted by molar-refractivity contribution is 0.245. The van der Waals surface area contributed by atoms with Crippen LogP contribution in [0.5, 0.6) is 0 Å². The number of H-pyrrole nitrogens is 1. The first-order valence-corrected chi connectivity index (χ1v) is 6.99. The molecule has 0 radical (unpaired) electrons. The van der Waals surface area contributed by atoms with Crippen molar-refractivity contribution >= 4 is 34.0 Å². The highest BCUT2D eigenvalue weighted by molar-refractivity contribution is 7.17. The number of nitrogens with two attached hydrogens (primary N) is 1. The number of aromatic nitrogens is 2. The zero-order valence-electron chi connectivity index (χ0n) is 10.6. The van der Waals surface area contributed by atoms with Crippen molar-refractivity contribution in [3.63, 3.8) is 0 Å². The molecule has 0 aliphatic carbocycles. The lowest BCUT2D eigenvalue weighted by atomic mass is 10.2. The largest absolute Gasteiger partial charge is 0.326 e. The molecule has 2 unspecified atom stereocenters. The van der Waals surface area contributed by atoms with Gasteiger partial charge in [0.05, 0.1) is 12.1 Å². The molecule has 19 heavy (non-hydrogen) atoms. The van der Waals surface area contributed by atoms with Crippen LogP contribution in [-0.2, 0) is 6.54 Å².